The van der Waals surface area contributed by atoms with Gasteiger partial charge in [-0.25, -0.2) is 13.1 Å². The number of benzene rings is 2. The van der Waals surface area contributed by atoms with Crippen LogP contribution in [0.2, 0.25) is 10.0 Å². The fraction of sp³-hybridized carbons (Fsp3) is 0.250. The van der Waals surface area contributed by atoms with E-state index < -0.39 is 15.8 Å². The molecule has 2 aromatic carbocycles. The summed E-state index contributed by atoms with van der Waals surface area (Å²) in [7, 11) is -3.94. The fourth-order valence-electron chi connectivity index (χ4n) is 2.57. The van der Waals surface area contributed by atoms with Crippen molar-refractivity contribution in [2.45, 2.75) is 11.3 Å². The molecule has 0 amide bonds. The van der Waals surface area contributed by atoms with Gasteiger partial charge >= 0.3 is 0 Å². The van der Waals surface area contributed by atoms with E-state index in [1.54, 1.807) is 0 Å². The van der Waals surface area contributed by atoms with E-state index in [4.69, 9.17) is 27.9 Å². The van der Waals surface area contributed by atoms with Crippen molar-refractivity contribution in [1.82, 2.24) is 4.72 Å². The van der Waals surface area contributed by atoms with E-state index in [9.17, 15) is 13.5 Å². The molecule has 2 N–H and O–H groups in total. The minimum atomic E-state index is -3.94. The van der Waals surface area contributed by atoms with Gasteiger partial charge in [-0.1, -0.05) is 41.4 Å². The Morgan fingerprint density at radius 2 is 2.00 bits per heavy atom. The Morgan fingerprint density at radius 1 is 1.25 bits per heavy atom. The molecular weight excluding hydrogens is 373 g/mol. The minimum Gasteiger partial charge on any atom is -0.505 e. The molecule has 1 unspecified atom stereocenters. The van der Waals surface area contributed by atoms with Gasteiger partial charge in [-0.3, -0.25) is 0 Å². The highest BCUT2D eigenvalue weighted by molar-refractivity contribution is 7.89. The second kappa shape index (κ2) is 6.80. The second-order valence-electron chi connectivity index (χ2n) is 5.58. The zero-order valence-electron chi connectivity index (χ0n) is 12.5. The topological polar surface area (TPSA) is 75.6 Å². The van der Waals surface area contributed by atoms with E-state index in [0.717, 1.165) is 17.4 Å². The number of phenolic OH excluding ortho intramolecular Hbond substituents is 1. The number of hydrogen-bond donors (Lipinski definition) is 2. The van der Waals surface area contributed by atoms with Crippen molar-refractivity contribution in [2.24, 2.45) is 5.92 Å². The number of rotatable bonds is 4. The molecule has 2 aromatic rings. The van der Waals surface area contributed by atoms with Crippen molar-refractivity contribution in [3.05, 3.63) is 52.0 Å². The first-order valence-corrected chi connectivity index (χ1v) is 9.49. The second-order valence-corrected chi connectivity index (χ2v) is 8.15. The summed E-state index contributed by atoms with van der Waals surface area (Å²) >= 11 is 11.6. The highest BCUT2D eigenvalue weighted by Gasteiger charge is 2.25. The van der Waals surface area contributed by atoms with E-state index in [2.05, 4.69) is 4.72 Å². The van der Waals surface area contributed by atoms with Crippen molar-refractivity contribution in [1.29, 1.82) is 0 Å². The molecule has 8 heteroatoms. The zero-order chi connectivity index (χ0) is 17.3. The SMILES string of the molecule is O=S(=O)(NCC1COc2ccccc2C1)c1cc(Cl)cc(Cl)c1O. The fourth-order valence-corrected chi connectivity index (χ4v) is 4.45. The number of para-hydroxylation sites is 1. The Hall–Kier alpha value is -1.47. The molecule has 1 heterocycles. The lowest BCUT2D eigenvalue weighted by Crippen LogP contribution is -2.34. The number of halogens is 2. The quantitative estimate of drug-likeness (QED) is 0.844. The molecule has 1 aliphatic rings. The molecule has 0 saturated carbocycles. The lowest BCUT2D eigenvalue weighted by molar-refractivity contribution is 0.223. The van der Waals surface area contributed by atoms with Gasteiger partial charge < -0.3 is 9.84 Å². The monoisotopic (exact) mass is 387 g/mol. The van der Waals surface area contributed by atoms with E-state index >= 15 is 0 Å². The van der Waals surface area contributed by atoms with E-state index in [1.807, 2.05) is 24.3 Å². The lowest BCUT2D eigenvalue weighted by atomic mass is 9.97. The Bertz CT molecular complexity index is 870. The van der Waals surface area contributed by atoms with Crippen LogP contribution < -0.4 is 9.46 Å². The molecule has 1 aliphatic heterocycles. The molecule has 5 nitrogen and oxygen atoms in total. The molecule has 3 rings (SSSR count). The smallest absolute Gasteiger partial charge is 0.244 e. The molecule has 0 spiro atoms. The molecule has 0 saturated heterocycles. The number of phenols is 1. The maximum Gasteiger partial charge on any atom is 0.244 e. The molecular formula is C16H15Cl2NO4S. The Labute approximate surface area is 150 Å². The standard InChI is InChI=1S/C16H15Cl2NO4S/c17-12-6-13(18)16(20)15(7-12)24(21,22)19-8-10-5-11-3-1-2-4-14(11)23-9-10/h1-4,6-7,10,19-20H,5,8-9H2. The maximum absolute atomic E-state index is 12.4. The van der Waals surface area contributed by atoms with Crippen LogP contribution in [-0.2, 0) is 16.4 Å². The first-order chi connectivity index (χ1) is 11.4. The summed E-state index contributed by atoms with van der Waals surface area (Å²) in [4.78, 5) is -0.336. The Morgan fingerprint density at radius 3 is 2.79 bits per heavy atom. The molecule has 24 heavy (non-hydrogen) atoms. The van der Waals surface area contributed by atoms with Crippen LogP contribution in [0, 0.1) is 5.92 Å². The van der Waals surface area contributed by atoms with Gasteiger partial charge in [0, 0.05) is 17.5 Å². The average Bonchev–Trinajstić information content (AvgIpc) is 2.56. The van der Waals surface area contributed by atoms with Gasteiger partial charge in [0.15, 0.2) is 5.75 Å². The van der Waals surface area contributed by atoms with Crippen molar-refractivity contribution in [3.63, 3.8) is 0 Å². The largest absolute Gasteiger partial charge is 0.505 e. The minimum absolute atomic E-state index is 0.00789. The van der Waals surface area contributed by atoms with Gasteiger partial charge in [-0.15, -0.1) is 0 Å². The summed E-state index contributed by atoms with van der Waals surface area (Å²) in [5.74, 6) is 0.307. The summed E-state index contributed by atoms with van der Waals surface area (Å²) in [6.45, 7) is 0.599. The molecule has 0 radical (unpaired) electrons. The van der Waals surface area contributed by atoms with Crippen LogP contribution in [0.1, 0.15) is 5.56 Å². The molecule has 0 aromatic heterocycles. The molecule has 0 fully saturated rings. The van der Waals surface area contributed by atoms with Crippen LogP contribution >= 0.6 is 23.2 Å². The Kier molecular flexibility index (Phi) is 4.92. The van der Waals surface area contributed by atoms with E-state index in [-0.39, 0.29) is 27.4 Å². The number of ether oxygens (including phenoxy) is 1. The highest BCUT2D eigenvalue weighted by Crippen LogP contribution is 2.34. The highest BCUT2D eigenvalue weighted by atomic mass is 35.5. The van der Waals surface area contributed by atoms with Gasteiger partial charge in [0.25, 0.3) is 0 Å². The van der Waals surface area contributed by atoms with Crippen molar-refractivity contribution in [3.8, 4) is 11.5 Å². The van der Waals surface area contributed by atoms with Crippen molar-refractivity contribution >= 4 is 33.2 Å². The third kappa shape index (κ3) is 3.62. The van der Waals surface area contributed by atoms with Crippen molar-refractivity contribution < 1.29 is 18.3 Å². The van der Waals surface area contributed by atoms with Crippen LogP contribution in [0.4, 0.5) is 0 Å². The van der Waals surface area contributed by atoms with Crippen molar-refractivity contribution in [2.75, 3.05) is 13.2 Å². The van der Waals surface area contributed by atoms with E-state index in [0.29, 0.717) is 13.0 Å². The predicted octanol–water partition coefficient (Wildman–Crippen LogP) is 3.23. The summed E-state index contributed by atoms with van der Waals surface area (Å²) < 4.78 is 33.0. The van der Waals surface area contributed by atoms with Gasteiger partial charge in [-0.05, 0) is 30.2 Å². The third-order valence-electron chi connectivity index (χ3n) is 3.80. The van der Waals surface area contributed by atoms with Gasteiger partial charge in [0.2, 0.25) is 10.0 Å². The summed E-state index contributed by atoms with van der Waals surface area (Å²) in [6.07, 6.45) is 0.709. The summed E-state index contributed by atoms with van der Waals surface area (Å²) in [6, 6.07) is 10.1. The first-order valence-electron chi connectivity index (χ1n) is 7.25. The van der Waals surface area contributed by atoms with E-state index in [1.165, 1.54) is 6.07 Å². The number of hydrogen-bond acceptors (Lipinski definition) is 4. The molecule has 128 valence electrons. The summed E-state index contributed by atoms with van der Waals surface area (Å²) in [5, 5.41) is 9.91. The van der Waals surface area contributed by atoms with Crippen LogP contribution in [0.5, 0.6) is 11.5 Å². The van der Waals surface area contributed by atoms with Crippen LogP contribution in [-0.4, -0.2) is 26.7 Å². The normalized spacial score (nSPS) is 17.2. The van der Waals surface area contributed by atoms with Gasteiger partial charge in [0.05, 0.1) is 11.6 Å². The maximum atomic E-state index is 12.4. The number of nitrogens with one attached hydrogen (secondary N) is 1. The Balaban J connectivity index is 1.73. The molecule has 0 bridgehead atoms. The molecule has 1 atom stereocenters. The summed E-state index contributed by atoms with van der Waals surface area (Å²) in [5.41, 5.74) is 1.04. The zero-order valence-corrected chi connectivity index (χ0v) is 14.8. The van der Waals surface area contributed by atoms with Crippen LogP contribution in [0.15, 0.2) is 41.3 Å². The van der Waals surface area contributed by atoms with Crippen LogP contribution in [0.25, 0.3) is 0 Å². The predicted molar refractivity (Wildman–Crippen MR) is 92.4 cm³/mol. The van der Waals surface area contributed by atoms with Crippen LogP contribution in [0.3, 0.4) is 0 Å². The average molecular weight is 388 g/mol. The lowest BCUT2D eigenvalue weighted by Gasteiger charge is -2.25. The number of sulfonamides is 1. The van der Waals surface area contributed by atoms with Gasteiger partial charge in [-0.2, -0.15) is 0 Å². The molecule has 0 aliphatic carbocycles. The number of aromatic hydroxyl groups is 1. The number of fused-ring (bicyclic) bond motifs is 1. The third-order valence-corrected chi connectivity index (χ3v) is 5.74. The van der Waals surface area contributed by atoms with Gasteiger partial charge in [0.1, 0.15) is 10.6 Å². The first kappa shape index (κ1) is 17.4.